The van der Waals surface area contributed by atoms with Crippen LogP contribution in [0.3, 0.4) is 0 Å². The number of nitrogens with one attached hydrogen (secondary N) is 1. The third-order valence-electron chi connectivity index (χ3n) is 3.47. The van der Waals surface area contributed by atoms with Crippen LogP contribution in [0.2, 0.25) is 0 Å². The fraction of sp³-hybridized carbons (Fsp3) is 0.375. The maximum atomic E-state index is 5.65. The molecule has 6 nitrogen and oxygen atoms in total. The first kappa shape index (κ1) is 14.6. The summed E-state index contributed by atoms with van der Waals surface area (Å²) in [7, 11) is 0. The van der Waals surface area contributed by atoms with Crippen LogP contribution in [0.25, 0.3) is 11.7 Å². The van der Waals surface area contributed by atoms with Gasteiger partial charge in [-0.05, 0) is 38.5 Å². The number of oxazole rings is 1. The van der Waals surface area contributed by atoms with Gasteiger partial charge in [0.25, 0.3) is 5.89 Å². The fourth-order valence-electron chi connectivity index (χ4n) is 2.28. The zero-order valence-electron chi connectivity index (χ0n) is 13.0. The Hall–Kier alpha value is -2.34. The van der Waals surface area contributed by atoms with Crippen LogP contribution in [-0.4, -0.2) is 20.8 Å². The van der Waals surface area contributed by atoms with Crippen molar-refractivity contribution in [1.82, 2.24) is 20.1 Å². The molecule has 116 valence electrons. The molecule has 3 heterocycles. The van der Waals surface area contributed by atoms with Crippen molar-refractivity contribution in [2.45, 2.75) is 39.9 Å². The average Bonchev–Trinajstić information content (AvgIpc) is 3.18. The summed E-state index contributed by atoms with van der Waals surface area (Å²) in [6.07, 6.45) is 5.51. The molecular formula is C16H20N4O2. The van der Waals surface area contributed by atoms with Crippen molar-refractivity contribution in [2.24, 2.45) is 0 Å². The first-order valence-corrected chi connectivity index (χ1v) is 7.34. The second-order valence-electron chi connectivity index (χ2n) is 5.52. The van der Waals surface area contributed by atoms with Crippen molar-refractivity contribution in [2.75, 3.05) is 0 Å². The second kappa shape index (κ2) is 6.19. The molecule has 3 rings (SSSR count). The van der Waals surface area contributed by atoms with Crippen molar-refractivity contribution >= 4 is 0 Å². The van der Waals surface area contributed by atoms with Crippen LogP contribution in [0.1, 0.15) is 23.9 Å². The molecule has 0 aliphatic heterocycles. The Morgan fingerprint density at radius 1 is 1.36 bits per heavy atom. The summed E-state index contributed by atoms with van der Waals surface area (Å²) in [4.78, 5) is 4.49. The topological polar surface area (TPSA) is 69.0 Å². The number of furan rings is 1. The molecule has 0 amide bonds. The lowest BCUT2D eigenvalue weighted by Crippen LogP contribution is -2.30. The second-order valence-corrected chi connectivity index (χ2v) is 5.52. The third kappa shape index (κ3) is 3.28. The van der Waals surface area contributed by atoms with Gasteiger partial charge in [-0.25, -0.2) is 4.98 Å². The number of aryl methyl sites for hydroxylation is 2. The highest BCUT2D eigenvalue weighted by Crippen LogP contribution is 2.21. The smallest absolute Gasteiger partial charge is 0.263 e. The van der Waals surface area contributed by atoms with E-state index in [1.54, 1.807) is 6.26 Å². The summed E-state index contributed by atoms with van der Waals surface area (Å²) in [6, 6.07) is 3.94. The molecule has 0 saturated heterocycles. The van der Waals surface area contributed by atoms with E-state index in [2.05, 4.69) is 22.3 Å². The maximum absolute atomic E-state index is 5.65. The molecule has 22 heavy (non-hydrogen) atoms. The monoisotopic (exact) mass is 300 g/mol. The van der Waals surface area contributed by atoms with E-state index in [1.807, 2.05) is 43.1 Å². The Balaban J connectivity index is 1.59. The highest BCUT2D eigenvalue weighted by Gasteiger charge is 2.14. The molecule has 0 saturated carbocycles. The van der Waals surface area contributed by atoms with Crippen molar-refractivity contribution in [3.05, 3.63) is 47.8 Å². The van der Waals surface area contributed by atoms with Gasteiger partial charge < -0.3 is 14.2 Å². The molecular weight excluding hydrogens is 280 g/mol. The summed E-state index contributed by atoms with van der Waals surface area (Å²) in [6.45, 7) is 7.54. The minimum atomic E-state index is 0.280. The SMILES string of the molecule is Cc1cnn(C[C@H](C)NCc2nc(-c3ccco3)oc2C)c1. The Morgan fingerprint density at radius 3 is 2.91 bits per heavy atom. The number of nitrogens with zero attached hydrogens (tertiary/aromatic N) is 3. The maximum Gasteiger partial charge on any atom is 0.263 e. The molecule has 1 N–H and O–H groups in total. The van der Waals surface area contributed by atoms with Gasteiger partial charge in [0.05, 0.1) is 24.7 Å². The van der Waals surface area contributed by atoms with Crippen LogP contribution in [0.5, 0.6) is 0 Å². The molecule has 0 aliphatic carbocycles. The van der Waals surface area contributed by atoms with Gasteiger partial charge in [0, 0.05) is 18.8 Å². The Kier molecular flexibility index (Phi) is 4.11. The van der Waals surface area contributed by atoms with Crippen molar-refractivity contribution < 1.29 is 8.83 Å². The van der Waals surface area contributed by atoms with Gasteiger partial charge in [0.2, 0.25) is 0 Å². The van der Waals surface area contributed by atoms with Crippen LogP contribution < -0.4 is 5.32 Å². The van der Waals surface area contributed by atoms with E-state index in [1.165, 1.54) is 5.56 Å². The predicted octanol–water partition coefficient (Wildman–Crippen LogP) is 2.93. The van der Waals surface area contributed by atoms with E-state index in [-0.39, 0.29) is 6.04 Å². The fourth-order valence-corrected chi connectivity index (χ4v) is 2.28. The molecule has 0 aromatic carbocycles. The van der Waals surface area contributed by atoms with Crippen LogP contribution >= 0.6 is 0 Å². The summed E-state index contributed by atoms with van der Waals surface area (Å²) in [5.41, 5.74) is 2.07. The van der Waals surface area contributed by atoms with Gasteiger partial charge in [-0.2, -0.15) is 5.10 Å². The van der Waals surface area contributed by atoms with Gasteiger partial charge in [0.1, 0.15) is 5.76 Å². The summed E-state index contributed by atoms with van der Waals surface area (Å²) >= 11 is 0. The standard InChI is InChI=1S/C16H20N4O2/c1-11-7-18-20(9-11)10-12(2)17-8-14-13(3)22-16(19-14)15-5-4-6-21-15/h4-7,9,12,17H,8,10H2,1-3H3/t12-/m0/s1. The molecule has 0 spiro atoms. The molecule has 6 heteroatoms. The lowest BCUT2D eigenvalue weighted by atomic mass is 10.3. The highest BCUT2D eigenvalue weighted by atomic mass is 16.4. The lowest BCUT2D eigenvalue weighted by molar-refractivity contribution is 0.446. The van der Waals surface area contributed by atoms with Crippen molar-refractivity contribution in [1.29, 1.82) is 0 Å². The summed E-state index contributed by atoms with van der Waals surface area (Å²) < 4.78 is 12.9. The molecule has 1 atom stereocenters. The number of hydrogen-bond donors (Lipinski definition) is 1. The Bertz CT molecular complexity index is 727. The first-order chi connectivity index (χ1) is 10.6. The summed E-state index contributed by atoms with van der Waals surface area (Å²) in [5.74, 6) is 1.98. The molecule has 0 bridgehead atoms. The molecule has 3 aromatic rings. The largest absolute Gasteiger partial charge is 0.459 e. The number of hydrogen-bond acceptors (Lipinski definition) is 5. The average molecular weight is 300 g/mol. The van der Waals surface area contributed by atoms with Crippen LogP contribution in [0.4, 0.5) is 0 Å². The van der Waals surface area contributed by atoms with Gasteiger partial charge >= 0.3 is 0 Å². The zero-order chi connectivity index (χ0) is 15.5. The highest BCUT2D eigenvalue weighted by molar-refractivity contribution is 5.44. The number of rotatable bonds is 6. The Labute approximate surface area is 129 Å². The first-order valence-electron chi connectivity index (χ1n) is 7.34. The van der Waals surface area contributed by atoms with Crippen LogP contribution in [-0.2, 0) is 13.1 Å². The zero-order valence-corrected chi connectivity index (χ0v) is 13.0. The number of aromatic nitrogens is 3. The minimum absolute atomic E-state index is 0.280. The molecule has 3 aromatic heterocycles. The lowest BCUT2D eigenvalue weighted by Gasteiger charge is -2.12. The molecule has 0 radical (unpaired) electrons. The van der Waals surface area contributed by atoms with E-state index in [4.69, 9.17) is 8.83 Å². The van der Waals surface area contributed by atoms with Gasteiger partial charge in [-0.1, -0.05) is 0 Å². The van der Waals surface area contributed by atoms with E-state index in [9.17, 15) is 0 Å². The van der Waals surface area contributed by atoms with E-state index in [0.717, 1.165) is 18.0 Å². The van der Waals surface area contributed by atoms with Crippen molar-refractivity contribution in [3.63, 3.8) is 0 Å². The van der Waals surface area contributed by atoms with Crippen LogP contribution in [0, 0.1) is 13.8 Å². The van der Waals surface area contributed by atoms with Gasteiger partial charge in [0.15, 0.2) is 5.76 Å². The van der Waals surface area contributed by atoms with E-state index in [0.29, 0.717) is 18.2 Å². The Morgan fingerprint density at radius 2 is 2.23 bits per heavy atom. The molecule has 0 fully saturated rings. The quantitative estimate of drug-likeness (QED) is 0.758. The molecule has 0 aliphatic rings. The third-order valence-corrected chi connectivity index (χ3v) is 3.47. The van der Waals surface area contributed by atoms with Gasteiger partial charge in [-0.3, -0.25) is 4.68 Å². The van der Waals surface area contributed by atoms with E-state index < -0.39 is 0 Å². The van der Waals surface area contributed by atoms with Crippen LogP contribution in [0.15, 0.2) is 39.6 Å². The molecule has 0 unspecified atom stereocenters. The van der Waals surface area contributed by atoms with Gasteiger partial charge in [-0.15, -0.1) is 0 Å². The normalized spacial score (nSPS) is 12.7. The van der Waals surface area contributed by atoms with E-state index >= 15 is 0 Å². The summed E-state index contributed by atoms with van der Waals surface area (Å²) in [5, 5.41) is 7.74. The predicted molar refractivity (Wildman–Crippen MR) is 82.2 cm³/mol. The van der Waals surface area contributed by atoms with Crippen molar-refractivity contribution in [3.8, 4) is 11.7 Å². The minimum Gasteiger partial charge on any atom is -0.459 e.